The van der Waals surface area contributed by atoms with Gasteiger partial charge in [-0.05, 0) is 24.1 Å². The van der Waals surface area contributed by atoms with Gasteiger partial charge in [-0.15, -0.1) is 0 Å². The lowest BCUT2D eigenvalue weighted by atomic mass is 10.0. The zero-order valence-corrected chi connectivity index (χ0v) is 9.25. The average molecular weight is 189 g/mol. The average Bonchev–Trinajstić information content (AvgIpc) is 2.19. The number of likely N-dealkylation sites (N-methyl/N-ethyl adjacent to an activating group) is 1. The van der Waals surface area contributed by atoms with Gasteiger partial charge in [0, 0.05) is 6.54 Å². The molecule has 0 unspecified atom stereocenters. The molecule has 0 saturated carbocycles. The van der Waals surface area contributed by atoms with Crippen molar-refractivity contribution >= 4 is 6.08 Å². The van der Waals surface area contributed by atoms with E-state index in [2.05, 4.69) is 55.6 Å². The fourth-order valence-corrected chi connectivity index (χ4v) is 1.30. The molecule has 1 aromatic carbocycles. The van der Waals surface area contributed by atoms with Crippen molar-refractivity contribution in [1.29, 1.82) is 0 Å². The minimum atomic E-state index is 0.616. The topological polar surface area (TPSA) is 12.0 Å². The van der Waals surface area contributed by atoms with Gasteiger partial charge in [-0.2, -0.15) is 0 Å². The van der Waals surface area contributed by atoms with Crippen molar-refractivity contribution < 1.29 is 0 Å². The van der Waals surface area contributed by atoms with E-state index >= 15 is 0 Å². The van der Waals surface area contributed by atoms with Crippen molar-refractivity contribution in [3.8, 4) is 0 Å². The molecule has 0 aliphatic rings. The van der Waals surface area contributed by atoms with E-state index in [-0.39, 0.29) is 0 Å². The lowest BCUT2D eigenvalue weighted by Crippen LogP contribution is -2.03. The zero-order chi connectivity index (χ0) is 10.4. The normalized spacial score (nSPS) is 11.4. The third-order valence-electron chi connectivity index (χ3n) is 2.24. The first-order valence-corrected chi connectivity index (χ1v) is 5.15. The van der Waals surface area contributed by atoms with Gasteiger partial charge < -0.3 is 5.32 Å². The lowest BCUT2D eigenvalue weighted by molar-refractivity contribution is 0.866. The van der Waals surface area contributed by atoms with Crippen molar-refractivity contribution in [3.05, 3.63) is 41.5 Å². The molecule has 0 atom stereocenters. The van der Waals surface area contributed by atoms with Crippen molar-refractivity contribution in [1.82, 2.24) is 5.32 Å². The van der Waals surface area contributed by atoms with Crippen molar-refractivity contribution in [2.24, 2.45) is 0 Å². The molecule has 76 valence electrons. The summed E-state index contributed by atoms with van der Waals surface area (Å²) in [6.07, 6.45) is 4.27. The van der Waals surface area contributed by atoms with Crippen molar-refractivity contribution in [2.45, 2.75) is 19.8 Å². The van der Waals surface area contributed by atoms with Crippen molar-refractivity contribution in [2.75, 3.05) is 13.6 Å². The van der Waals surface area contributed by atoms with Crippen LogP contribution >= 0.6 is 0 Å². The van der Waals surface area contributed by atoms with Gasteiger partial charge in [0.15, 0.2) is 0 Å². The molecule has 14 heavy (non-hydrogen) atoms. The molecule has 0 aliphatic heterocycles. The van der Waals surface area contributed by atoms with Crippen LogP contribution in [0.4, 0.5) is 0 Å². The number of hydrogen-bond donors (Lipinski definition) is 1. The van der Waals surface area contributed by atoms with Crippen LogP contribution in [0.2, 0.25) is 0 Å². The standard InChI is InChI=1S/C13H19N/c1-11(2)13-8-6-12(7-9-13)5-4-10-14-3/h4-9,11,14H,10H2,1-3H3. The molecule has 0 spiro atoms. The predicted octanol–water partition coefficient (Wildman–Crippen LogP) is 3.04. The summed E-state index contributed by atoms with van der Waals surface area (Å²) in [6, 6.07) is 8.73. The highest BCUT2D eigenvalue weighted by Crippen LogP contribution is 2.15. The van der Waals surface area contributed by atoms with E-state index in [1.54, 1.807) is 0 Å². The molecule has 0 aliphatic carbocycles. The Labute approximate surface area is 86.8 Å². The third-order valence-corrected chi connectivity index (χ3v) is 2.24. The third kappa shape index (κ3) is 3.35. The first-order valence-electron chi connectivity index (χ1n) is 5.15. The molecular formula is C13H19N. The van der Waals surface area contributed by atoms with Gasteiger partial charge in [-0.1, -0.05) is 50.3 Å². The molecule has 1 rings (SSSR count). The summed E-state index contributed by atoms with van der Waals surface area (Å²) >= 11 is 0. The number of nitrogens with one attached hydrogen (secondary N) is 1. The highest BCUT2D eigenvalue weighted by Gasteiger charge is 1.96. The second-order valence-corrected chi connectivity index (χ2v) is 3.78. The van der Waals surface area contributed by atoms with Crippen LogP contribution in [0.1, 0.15) is 30.9 Å². The number of rotatable bonds is 4. The second kappa shape index (κ2) is 5.61. The van der Waals surface area contributed by atoms with Crippen molar-refractivity contribution in [3.63, 3.8) is 0 Å². The first kappa shape index (κ1) is 11.0. The summed E-state index contributed by atoms with van der Waals surface area (Å²) in [7, 11) is 1.95. The Morgan fingerprint density at radius 1 is 1.21 bits per heavy atom. The molecule has 1 nitrogen and oxygen atoms in total. The Balaban J connectivity index is 2.64. The summed E-state index contributed by atoms with van der Waals surface area (Å²) in [4.78, 5) is 0. The molecular weight excluding hydrogens is 170 g/mol. The van der Waals surface area contributed by atoms with E-state index in [4.69, 9.17) is 0 Å². The second-order valence-electron chi connectivity index (χ2n) is 3.78. The summed E-state index contributed by atoms with van der Waals surface area (Å²) in [5.41, 5.74) is 2.67. The molecule has 0 radical (unpaired) electrons. The smallest absolute Gasteiger partial charge is 0.0135 e. The maximum absolute atomic E-state index is 3.08. The van der Waals surface area contributed by atoms with E-state index < -0.39 is 0 Å². The zero-order valence-electron chi connectivity index (χ0n) is 9.25. The van der Waals surface area contributed by atoms with Crippen LogP contribution in [0.15, 0.2) is 30.3 Å². The highest BCUT2D eigenvalue weighted by atomic mass is 14.8. The molecule has 0 bridgehead atoms. The summed E-state index contributed by atoms with van der Waals surface area (Å²) < 4.78 is 0. The minimum absolute atomic E-state index is 0.616. The van der Waals surface area contributed by atoms with Crippen LogP contribution in [0.25, 0.3) is 6.08 Å². The van der Waals surface area contributed by atoms with Crippen LogP contribution in [0.3, 0.4) is 0 Å². The predicted molar refractivity (Wildman–Crippen MR) is 63.5 cm³/mol. The summed E-state index contributed by atoms with van der Waals surface area (Å²) in [6.45, 7) is 5.35. The van der Waals surface area contributed by atoms with Gasteiger partial charge in [0.1, 0.15) is 0 Å². The fourth-order valence-electron chi connectivity index (χ4n) is 1.30. The van der Waals surface area contributed by atoms with Gasteiger partial charge >= 0.3 is 0 Å². The lowest BCUT2D eigenvalue weighted by Gasteiger charge is -2.04. The molecule has 0 saturated heterocycles. The molecule has 0 fully saturated rings. The first-order chi connectivity index (χ1) is 6.74. The van der Waals surface area contributed by atoms with Gasteiger partial charge in [-0.3, -0.25) is 0 Å². The highest BCUT2D eigenvalue weighted by molar-refractivity contribution is 5.50. The van der Waals surface area contributed by atoms with Gasteiger partial charge in [0.05, 0.1) is 0 Å². The van der Waals surface area contributed by atoms with E-state index in [0.29, 0.717) is 5.92 Å². The van der Waals surface area contributed by atoms with E-state index in [1.165, 1.54) is 11.1 Å². The van der Waals surface area contributed by atoms with Gasteiger partial charge in [-0.25, -0.2) is 0 Å². The van der Waals surface area contributed by atoms with Gasteiger partial charge in [0.25, 0.3) is 0 Å². The fraction of sp³-hybridized carbons (Fsp3) is 0.385. The number of benzene rings is 1. The molecule has 0 amide bonds. The SMILES string of the molecule is CNCC=Cc1ccc(C(C)C)cc1. The number of hydrogen-bond acceptors (Lipinski definition) is 1. The van der Waals surface area contributed by atoms with Crippen LogP contribution in [0, 0.1) is 0 Å². The Bertz CT molecular complexity index is 283. The monoisotopic (exact) mass is 189 g/mol. The van der Waals surface area contributed by atoms with Crippen LogP contribution in [-0.4, -0.2) is 13.6 Å². The Morgan fingerprint density at radius 3 is 2.36 bits per heavy atom. The quantitative estimate of drug-likeness (QED) is 0.767. The van der Waals surface area contributed by atoms with Crippen LogP contribution < -0.4 is 5.32 Å². The van der Waals surface area contributed by atoms with E-state index in [0.717, 1.165) is 6.54 Å². The molecule has 1 aromatic rings. The molecule has 1 N–H and O–H groups in total. The van der Waals surface area contributed by atoms with E-state index in [9.17, 15) is 0 Å². The Morgan fingerprint density at radius 2 is 1.86 bits per heavy atom. The molecule has 0 aromatic heterocycles. The summed E-state index contributed by atoms with van der Waals surface area (Å²) in [5, 5.41) is 3.08. The maximum Gasteiger partial charge on any atom is 0.0135 e. The molecule has 1 heteroatoms. The largest absolute Gasteiger partial charge is 0.316 e. The van der Waals surface area contributed by atoms with Crippen LogP contribution in [0.5, 0.6) is 0 Å². The van der Waals surface area contributed by atoms with Gasteiger partial charge in [0.2, 0.25) is 0 Å². The Kier molecular flexibility index (Phi) is 4.41. The molecule has 0 heterocycles. The van der Waals surface area contributed by atoms with Crippen LogP contribution in [-0.2, 0) is 0 Å². The van der Waals surface area contributed by atoms with E-state index in [1.807, 2.05) is 7.05 Å². The maximum atomic E-state index is 3.08. The minimum Gasteiger partial charge on any atom is -0.316 e. The Hall–Kier alpha value is -1.08. The summed E-state index contributed by atoms with van der Waals surface area (Å²) in [5.74, 6) is 0.616.